The standard InChI is InChI=1S/C28H31FN4O3/c1-28(16-36-15-25(28)34)33-8-5-17(6-9-33)20-10-18-12-26(31-14-19(18)11-23(20)29)32-27(35)22-13-21(22)24-4-2-3-7-30-24/h2-4,7,10-12,14,17,21-22,25,34H,5-6,8-9,13,15-16H2,1H3,(H,31,32,35)/t21-,22-,25+,28-/m1/s1. The van der Waals surface area contributed by atoms with Gasteiger partial charge in [0.15, 0.2) is 0 Å². The van der Waals surface area contributed by atoms with Crippen LogP contribution in [0.3, 0.4) is 0 Å². The van der Waals surface area contributed by atoms with Crippen molar-refractivity contribution in [3.8, 4) is 0 Å². The number of benzene rings is 1. The van der Waals surface area contributed by atoms with Gasteiger partial charge in [-0.25, -0.2) is 9.37 Å². The number of aromatic nitrogens is 2. The van der Waals surface area contributed by atoms with E-state index in [1.165, 1.54) is 0 Å². The van der Waals surface area contributed by atoms with Crippen LogP contribution >= 0.6 is 0 Å². The van der Waals surface area contributed by atoms with Crippen LogP contribution < -0.4 is 5.32 Å². The number of ether oxygens (including phenoxy) is 1. The molecule has 2 aliphatic heterocycles. The van der Waals surface area contributed by atoms with Gasteiger partial charge in [0.1, 0.15) is 11.6 Å². The lowest BCUT2D eigenvalue weighted by Crippen LogP contribution is -2.56. The number of pyridine rings is 2. The maximum Gasteiger partial charge on any atom is 0.229 e. The van der Waals surface area contributed by atoms with Crippen LogP contribution in [0.5, 0.6) is 0 Å². The monoisotopic (exact) mass is 490 g/mol. The molecule has 4 heterocycles. The van der Waals surface area contributed by atoms with E-state index in [9.17, 15) is 9.90 Å². The van der Waals surface area contributed by atoms with Gasteiger partial charge in [0.2, 0.25) is 5.91 Å². The highest BCUT2D eigenvalue weighted by atomic mass is 19.1. The van der Waals surface area contributed by atoms with Gasteiger partial charge in [-0.15, -0.1) is 0 Å². The minimum absolute atomic E-state index is 0.0567. The number of fused-ring (bicyclic) bond motifs is 1. The number of hydrogen-bond acceptors (Lipinski definition) is 6. The van der Waals surface area contributed by atoms with E-state index >= 15 is 4.39 Å². The molecule has 0 unspecified atom stereocenters. The van der Waals surface area contributed by atoms with E-state index in [0.717, 1.165) is 43.4 Å². The summed E-state index contributed by atoms with van der Waals surface area (Å²) < 4.78 is 20.6. The van der Waals surface area contributed by atoms with E-state index in [1.807, 2.05) is 37.3 Å². The molecule has 6 rings (SSSR count). The predicted molar refractivity (Wildman–Crippen MR) is 134 cm³/mol. The maximum absolute atomic E-state index is 15.1. The summed E-state index contributed by atoms with van der Waals surface area (Å²) >= 11 is 0. The molecule has 0 bridgehead atoms. The summed E-state index contributed by atoms with van der Waals surface area (Å²) in [7, 11) is 0. The summed E-state index contributed by atoms with van der Waals surface area (Å²) in [5, 5.41) is 14.9. The Labute approximate surface area is 209 Å². The number of nitrogens with zero attached hydrogens (tertiary/aromatic N) is 3. The van der Waals surface area contributed by atoms with Crippen molar-refractivity contribution >= 4 is 22.5 Å². The summed E-state index contributed by atoms with van der Waals surface area (Å²) in [4.78, 5) is 23.8. The molecule has 1 aliphatic carbocycles. The Morgan fingerprint density at radius 3 is 2.75 bits per heavy atom. The number of halogens is 1. The number of aliphatic hydroxyl groups is 1. The van der Waals surface area contributed by atoms with Crippen molar-refractivity contribution in [1.82, 2.24) is 14.9 Å². The summed E-state index contributed by atoms with van der Waals surface area (Å²) in [6.45, 7) is 4.51. The van der Waals surface area contributed by atoms with Crippen LogP contribution in [-0.4, -0.2) is 63.8 Å². The minimum Gasteiger partial charge on any atom is -0.389 e. The molecule has 2 N–H and O–H groups in total. The molecule has 36 heavy (non-hydrogen) atoms. The van der Waals surface area contributed by atoms with E-state index in [2.05, 4.69) is 20.2 Å². The number of hydrogen-bond donors (Lipinski definition) is 2. The minimum atomic E-state index is -0.498. The summed E-state index contributed by atoms with van der Waals surface area (Å²) in [6.07, 6.45) is 5.29. The van der Waals surface area contributed by atoms with Crippen LogP contribution in [0.15, 0.2) is 48.8 Å². The van der Waals surface area contributed by atoms with Gasteiger partial charge in [0.05, 0.1) is 24.9 Å². The molecular formula is C28H31FN4O3. The number of amides is 1. The molecule has 0 radical (unpaired) electrons. The third kappa shape index (κ3) is 4.27. The number of piperidine rings is 1. The first-order valence-corrected chi connectivity index (χ1v) is 12.7. The van der Waals surface area contributed by atoms with E-state index in [4.69, 9.17) is 4.74 Å². The van der Waals surface area contributed by atoms with Crippen molar-refractivity contribution < 1.29 is 19.0 Å². The largest absolute Gasteiger partial charge is 0.389 e. The van der Waals surface area contributed by atoms with Crippen molar-refractivity contribution in [3.63, 3.8) is 0 Å². The number of anilines is 1. The molecular weight excluding hydrogens is 459 g/mol. The van der Waals surface area contributed by atoms with Crippen molar-refractivity contribution in [2.45, 2.75) is 49.7 Å². The highest BCUT2D eigenvalue weighted by Gasteiger charge is 2.46. The Morgan fingerprint density at radius 2 is 2.03 bits per heavy atom. The average molecular weight is 491 g/mol. The highest BCUT2D eigenvalue weighted by Crippen LogP contribution is 2.47. The molecule has 0 spiro atoms. The SMILES string of the molecule is C[C@@]1(N2CCC(c3cc4cc(NC(=O)[C@@H]5C[C@H]5c5ccccn5)ncc4cc3F)CC2)COC[C@@H]1O. The molecule has 1 aromatic carbocycles. The molecule has 3 aromatic rings. The Balaban J connectivity index is 1.15. The molecule has 1 amide bonds. The Kier molecular flexibility index (Phi) is 5.98. The Hall–Kier alpha value is -2.94. The van der Waals surface area contributed by atoms with E-state index in [1.54, 1.807) is 18.5 Å². The first-order valence-electron chi connectivity index (χ1n) is 12.7. The Morgan fingerprint density at radius 1 is 1.19 bits per heavy atom. The second kappa shape index (κ2) is 9.18. The van der Waals surface area contributed by atoms with E-state index < -0.39 is 6.10 Å². The lowest BCUT2D eigenvalue weighted by atomic mass is 9.85. The zero-order valence-electron chi connectivity index (χ0n) is 20.4. The molecule has 3 aliphatic rings. The van der Waals surface area contributed by atoms with Crippen molar-refractivity contribution in [3.05, 3.63) is 65.9 Å². The fraction of sp³-hybridized carbons (Fsp3) is 0.464. The van der Waals surface area contributed by atoms with Gasteiger partial charge in [0.25, 0.3) is 0 Å². The third-order valence-electron chi connectivity index (χ3n) is 8.33. The predicted octanol–water partition coefficient (Wildman–Crippen LogP) is 3.84. The smallest absolute Gasteiger partial charge is 0.229 e. The number of carbonyl (C=O) groups is 1. The first kappa shape index (κ1) is 23.5. The zero-order valence-corrected chi connectivity index (χ0v) is 20.4. The molecule has 4 atom stereocenters. The summed E-state index contributed by atoms with van der Waals surface area (Å²) in [5.74, 6) is 0.361. The van der Waals surface area contributed by atoms with Crippen molar-refractivity contribution in [2.24, 2.45) is 5.92 Å². The quantitative estimate of drug-likeness (QED) is 0.565. The number of rotatable bonds is 5. The second-order valence-corrected chi connectivity index (χ2v) is 10.6. The lowest BCUT2D eigenvalue weighted by Gasteiger charge is -2.43. The van der Waals surface area contributed by atoms with Crippen molar-refractivity contribution in [1.29, 1.82) is 0 Å². The van der Waals surface area contributed by atoms with Gasteiger partial charge < -0.3 is 15.2 Å². The summed E-state index contributed by atoms with van der Waals surface area (Å²) in [6, 6.07) is 11.0. The van der Waals surface area contributed by atoms with Crippen LogP contribution in [0.2, 0.25) is 0 Å². The van der Waals surface area contributed by atoms with Gasteiger partial charge >= 0.3 is 0 Å². The first-order chi connectivity index (χ1) is 17.4. The normalized spacial score (nSPS) is 28.9. The fourth-order valence-corrected chi connectivity index (χ4v) is 5.85. The molecule has 7 nitrogen and oxygen atoms in total. The zero-order chi connectivity index (χ0) is 24.9. The molecule has 2 aromatic heterocycles. The second-order valence-electron chi connectivity index (χ2n) is 10.6. The van der Waals surface area contributed by atoms with Gasteiger partial charge in [-0.2, -0.15) is 0 Å². The van der Waals surface area contributed by atoms with Gasteiger partial charge in [-0.3, -0.25) is 14.7 Å². The molecule has 1 saturated carbocycles. The number of nitrogens with one attached hydrogen (secondary N) is 1. The third-order valence-corrected chi connectivity index (χ3v) is 8.33. The van der Waals surface area contributed by atoms with Crippen molar-refractivity contribution in [2.75, 3.05) is 31.6 Å². The molecule has 8 heteroatoms. The van der Waals surface area contributed by atoms with Crippen LogP contribution in [0.25, 0.3) is 10.8 Å². The molecule has 2 saturated heterocycles. The fourth-order valence-electron chi connectivity index (χ4n) is 5.85. The van der Waals surface area contributed by atoms with Gasteiger partial charge in [-0.1, -0.05) is 6.07 Å². The molecule has 188 valence electrons. The number of carbonyl (C=O) groups excluding carboxylic acids is 1. The summed E-state index contributed by atoms with van der Waals surface area (Å²) in [5.41, 5.74) is 1.28. The van der Waals surface area contributed by atoms with E-state index in [-0.39, 0.29) is 35.0 Å². The van der Waals surface area contributed by atoms with Crippen LogP contribution in [-0.2, 0) is 9.53 Å². The van der Waals surface area contributed by atoms with Crippen LogP contribution in [0.1, 0.15) is 49.3 Å². The molecule has 3 fully saturated rings. The maximum atomic E-state index is 15.1. The van der Waals surface area contributed by atoms with Gasteiger partial charge in [0, 0.05) is 35.3 Å². The number of likely N-dealkylation sites (tertiary alicyclic amines) is 1. The number of aliphatic hydroxyl groups excluding tert-OH is 1. The Bertz CT molecular complexity index is 1280. The highest BCUT2D eigenvalue weighted by molar-refractivity contribution is 5.96. The van der Waals surface area contributed by atoms with E-state index in [0.29, 0.717) is 30.0 Å². The lowest BCUT2D eigenvalue weighted by molar-refractivity contribution is -0.117. The van der Waals surface area contributed by atoms with Crippen LogP contribution in [0.4, 0.5) is 10.2 Å². The average Bonchev–Trinajstić information content (AvgIpc) is 3.63. The van der Waals surface area contributed by atoms with Gasteiger partial charge in [-0.05, 0) is 86.5 Å². The van der Waals surface area contributed by atoms with Crippen LogP contribution in [0, 0.1) is 11.7 Å². The topological polar surface area (TPSA) is 87.6 Å².